The van der Waals surface area contributed by atoms with Crippen molar-refractivity contribution in [1.82, 2.24) is 14.9 Å². The van der Waals surface area contributed by atoms with Crippen LogP contribution in [0.5, 0.6) is 0 Å². The first-order chi connectivity index (χ1) is 7.69. The molecule has 1 aliphatic rings. The van der Waals surface area contributed by atoms with Crippen LogP contribution in [0.25, 0.3) is 0 Å². The zero-order chi connectivity index (χ0) is 11.7. The van der Waals surface area contributed by atoms with Crippen molar-refractivity contribution in [3.63, 3.8) is 0 Å². The molecule has 1 amide bonds. The molecule has 0 fully saturated rings. The van der Waals surface area contributed by atoms with E-state index in [4.69, 9.17) is 0 Å². The number of hydrogen-bond donors (Lipinski definition) is 1. The predicted octanol–water partition coefficient (Wildman–Crippen LogP) is 1.84. The molecule has 1 aromatic rings. The van der Waals surface area contributed by atoms with Crippen LogP contribution in [-0.2, 0) is 6.42 Å². The van der Waals surface area contributed by atoms with Crippen molar-refractivity contribution in [3.05, 3.63) is 17.2 Å². The van der Waals surface area contributed by atoms with Crippen LogP contribution in [0.2, 0.25) is 0 Å². The summed E-state index contributed by atoms with van der Waals surface area (Å²) in [5.74, 6) is 0.911. The van der Waals surface area contributed by atoms with Crippen LogP contribution in [0.4, 0.5) is 0 Å². The third kappa shape index (κ3) is 1.62. The van der Waals surface area contributed by atoms with Crippen molar-refractivity contribution in [2.45, 2.75) is 45.6 Å². The van der Waals surface area contributed by atoms with Gasteiger partial charge in [0.05, 0.1) is 5.69 Å². The molecule has 0 saturated carbocycles. The zero-order valence-corrected chi connectivity index (χ0v) is 10.2. The van der Waals surface area contributed by atoms with Gasteiger partial charge >= 0.3 is 0 Å². The summed E-state index contributed by atoms with van der Waals surface area (Å²) in [5, 5.41) is 2.66. The van der Waals surface area contributed by atoms with E-state index in [-0.39, 0.29) is 5.91 Å². The van der Waals surface area contributed by atoms with Gasteiger partial charge in [-0.15, -0.1) is 0 Å². The summed E-state index contributed by atoms with van der Waals surface area (Å²) in [4.78, 5) is 16.1. The van der Waals surface area contributed by atoms with Gasteiger partial charge in [-0.1, -0.05) is 6.92 Å². The average Bonchev–Trinajstić information content (AvgIpc) is 2.66. The first kappa shape index (κ1) is 11.2. The van der Waals surface area contributed by atoms with Gasteiger partial charge in [-0.25, -0.2) is 4.98 Å². The molecule has 16 heavy (non-hydrogen) atoms. The van der Waals surface area contributed by atoms with Gasteiger partial charge in [0.1, 0.15) is 11.5 Å². The lowest BCUT2D eigenvalue weighted by Crippen LogP contribution is -2.23. The molecule has 1 atom stereocenters. The van der Waals surface area contributed by atoms with Crippen LogP contribution >= 0.6 is 0 Å². The van der Waals surface area contributed by atoms with Gasteiger partial charge < -0.3 is 9.88 Å². The number of aryl methyl sites for hydroxylation is 1. The molecule has 0 bridgehead atoms. The number of imidazole rings is 1. The second kappa shape index (κ2) is 4.28. The molecule has 88 valence electrons. The molecule has 2 heterocycles. The molecule has 1 aromatic heterocycles. The minimum absolute atomic E-state index is 0.0615. The second-order valence-corrected chi connectivity index (χ2v) is 4.36. The number of rotatable bonds is 2. The van der Waals surface area contributed by atoms with E-state index in [1.54, 1.807) is 7.05 Å². The fourth-order valence-corrected chi connectivity index (χ4v) is 2.63. The molecule has 0 radical (unpaired) electrons. The molecule has 1 unspecified atom stereocenters. The Labute approximate surface area is 96.1 Å². The molecule has 0 aromatic carbocycles. The quantitative estimate of drug-likeness (QED) is 0.828. The van der Waals surface area contributed by atoms with E-state index in [0.717, 1.165) is 30.8 Å². The van der Waals surface area contributed by atoms with E-state index >= 15 is 0 Å². The number of nitrogens with zero attached hydrogens (tertiary/aromatic N) is 2. The van der Waals surface area contributed by atoms with E-state index < -0.39 is 0 Å². The highest BCUT2D eigenvalue weighted by Crippen LogP contribution is 2.30. The highest BCUT2D eigenvalue weighted by atomic mass is 16.1. The molecule has 4 nitrogen and oxygen atoms in total. The molecule has 1 N–H and O–H groups in total. The Morgan fingerprint density at radius 2 is 2.38 bits per heavy atom. The Bertz CT molecular complexity index is 409. The third-order valence-corrected chi connectivity index (χ3v) is 3.42. The third-order valence-electron chi connectivity index (χ3n) is 3.42. The van der Waals surface area contributed by atoms with Gasteiger partial charge in [-0.2, -0.15) is 0 Å². The number of nitrogens with one attached hydrogen (secondary N) is 1. The van der Waals surface area contributed by atoms with Crippen molar-refractivity contribution in [3.8, 4) is 0 Å². The van der Waals surface area contributed by atoms with Gasteiger partial charge in [-0.3, -0.25) is 4.79 Å². The molecule has 0 aliphatic carbocycles. The maximum Gasteiger partial charge on any atom is 0.271 e. The Morgan fingerprint density at radius 3 is 3.00 bits per heavy atom. The van der Waals surface area contributed by atoms with Crippen molar-refractivity contribution in [2.24, 2.45) is 0 Å². The highest BCUT2D eigenvalue weighted by molar-refractivity contribution is 5.93. The van der Waals surface area contributed by atoms with E-state index in [2.05, 4.69) is 21.8 Å². The minimum atomic E-state index is -0.0615. The monoisotopic (exact) mass is 221 g/mol. The molecule has 4 heteroatoms. The van der Waals surface area contributed by atoms with E-state index in [1.807, 2.05) is 6.92 Å². The fraction of sp³-hybridized carbons (Fsp3) is 0.667. The van der Waals surface area contributed by atoms with Crippen molar-refractivity contribution < 1.29 is 4.79 Å². The van der Waals surface area contributed by atoms with Crippen molar-refractivity contribution in [1.29, 1.82) is 0 Å². The summed E-state index contributed by atoms with van der Waals surface area (Å²) in [6.07, 6.45) is 4.44. The predicted molar refractivity (Wildman–Crippen MR) is 62.6 cm³/mol. The van der Waals surface area contributed by atoms with Gasteiger partial charge in [-0.05, 0) is 32.6 Å². The normalized spacial score (nSPS) is 19.3. The van der Waals surface area contributed by atoms with Crippen LogP contribution in [0.3, 0.4) is 0 Å². The largest absolute Gasteiger partial charge is 0.354 e. The molecular formula is C12H19N3O. The van der Waals surface area contributed by atoms with Gasteiger partial charge in [0.2, 0.25) is 0 Å². The first-order valence-corrected chi connectivity index (χ1v) is 5.98. The summed E-state index contributed by atoms with van der Waals surface area (Å²) in [5.41, 5.74) is 1.74. The number of hydrogen-bond acceptors (Lipinski definition) is 2. The van der Waals surface area contributed by atoms with E-state index in [0.29, 0.717) is 11.7 Å². The minimum Gasteiger partial charge on any atom is -0.354 e. The highest BCUT2D eigenvalue weighted by Gasteiger charge is 2.26. The van der Waals surface area contributed by atoms with Gasteiger partial charge in [0.15, 0.2) is 0 Å². The number of aromatic nitrogens is 2. The number of amides is 1. The van der Waals surface area contributed by atoms with Gasteiger partial charge in [0, 0.05) is 13.1 Å². The summed E-state index contributed by atoms with van der Waals surface area (Å²) in [6, 6.07) is 0.523. The number of carbonyl (C=O) groups is 1. The summed E-state index contributed by atoms with van der Waals surface area (Å²) >= 11 is 0. The summed E-state index contributed by atoms with van der Waals surface area (Å²) < 4.78 is 2.26. The van der Waals surface area contributed by atoms with Gasteiger partial charge in [0.25, 0.3) is 5.91 Å². The number of carbonyl (C=O) groups excluding carboxylic acids is 1. The molecule has 0 spiro atoms. The van der Waals surface area contributed by atoms with Crippen molar-refractivity contribution >= 4 is 5.91 Å². The second-order valence-electron chi connectivity index (χ2n) is 4.36. The molecular weight excluding hydrogens is 202 g/mol. The van der Waals surface area contributed by atoms with Crippen LogP contribution in [0.1, 0.15) is 54.2 Å². The van der Waals surface area contributed by atoms with Crippen LogP contribution in [-0.4, -0.2) is 22.5 Å². The SMILES string of the molecule is CCC1CCCc2c(C(=O)NC)nc(C)n21. The van der Waals surface area contributed by atoms with Crippen LogP contribution in [0, 0.1) is 6.92 Å². The topological polar surface area (TPSA) is 46.9 Å². The standard InChI is InChI=1S/C12H19N3O/c1-4-9-6-5-7-10-11(12(16)13-3)14-8(2)15(9)10/h9H,4-7H2,1-3H3,(H,13,16). The number of fused-ring (bicyclic) bond motifs is 1. The fourth-order valence-electron chi connectivity index (χ4n) is 2.63. The maximum absolute atomic E-state index is 11.7. The maximum atomic E-state index is 11.7. The van der Waals surface area contributed by atoms with Crippen LogP contribution < -0.4 is 5.32 Å². The van der Waals surface area contributed by atoms with E-state index in [1.165, 1.54) is 6.42 Å². The lowest BCUT2D eigenvalue weighted by Gasteiger charge is -2.26. The summed E-state index contributed by atoms with van der Waals surface area (Å²) in [7, 11) is 1.66. The lowest BCUT2D eigenvalue weighted by molar-refractivity contribution is 0.0957. The Balaban J connectivity index is 2.48. The summed E-state index contributed by atoms with van der Waals surface area (Å²) in [6.45, 7) is 4.18. The van der Waals surface area contributed by atoms with E-state index in [9.17, 15) is 4.79 Å². The van der Waals surface area contributed by atoms with Crippen LogP contribution in [0.15, 0.2) is 0 Å². The molecule has 1 aliphatic heterocycles. The smallest absolute Gasteiger partial charge is 0.271 e. The molecule has 2 rings (SSSR count). The Kier molecular flexibility index (Phi) is 2.99. The first-order valence-electron chi connectivity index (χ1n) is 5.98. The van der Waals surface area contributed by atoms with Crippen molar-refractivity contribution in [2.75, 3.05) is 7.05 Å². The zero-order valence-electron chi connectivity index (χ0n) is 10.2. The Morgan fingerprint density at radius 1 is 1.62 bits per heavy atom. The lowest BCUT2D eigenvalue weighted by atomic mass is 9.99. The Hall–Kier alpha value is -1.32. The average molecular weight is 221 g/mol. The molecule has 0 saturated heterocycles.